The molecule has 3 aromatic carbocycles. The van der Waals surface area contributed by atoms with E-state index in [0.29, 0.717) is 41.9 Å². The number of rotatable bonds is 8. The lowest BCUT2D eigenvalue weighted by atomic mass is 10.1. The van der Waals surface area contributed by atoms with Gasteiger partial charge in [-0.2, -0.15) is 0 Å². The Kier molecular flexibility index (Phi) is 8.15. The Hall–Kier alpha value is -3.65. The minimum Gasteiger partial charge on any atom is -0.494 e. The van der Waals surface area contributed by atoms with E-state index in [0.717, 1.165) is 5.56 Å². The van der Waals surface area contributed by atoms with Crippen LogP contribution in [0.5, 0.6) is 5.75 Å². The summed E-state index contributed by atoms with van der Waals surface area (Å²) in [5.41, 5.74) is 2.20. The molecule has 0 radical (unpaired) electrons. The van der Waals surface area contributed by atoms with E-state index in [1.54, 1.807) is 35.2 Å². The molecular formula is C27H26FN3O3S. The van der Waals surface area contributed by atoms with Crippen molar-refractivity contribution in [3.8, 4) is 5.75 Å². The first-order valence-electron chi connectivity index (χ1n) is 11.4. The molecule has 1 heterocycles. The largest absolute Gasteiger partial charge is 0.494 e. The number of nitrogens with one attached hydrogen (secondary N) is 1. The highest BCUT2D eigenvalue weighted by Crippen LogP contribution is 2.30. The fourth-order valence-corrected chi connectivity index (χ4v) is 4.75. The van der Waals surface area contributed by atoms with Crippen molar-refractivity contribution < 1.29 is 18.7 Å². The highest BCUT2D eigenvalue weighted by Gasteiger charge is 2.35. The number of carbonyl (C=O) groups excluding carboxylic acids is 2. The number of thioether (sulfide) groups is 1. The minimum absolute atomic E-state index is 0.0544. The first-order chi connectivity index (χ1) is 17.0. The van der Waals surface area contributed by atoms with Gasteiger partial charge in [0.2, 0.25) is 11.8 Å². The molecular weight excluding hydrogens is 465 g/mol. The first-order valence-corrected chi connectivity index (χ1v) is 12.3. The van der Waals surface area contributed by atoms with Crippen molar-refractivity contribution in [1.29, 1.82) is 0 Å². The molecule has 4 rings (SSSR count). The average molecular weight is 492 g/mol. The molecule has 0 bridgehead atoms. The second-order valence-corrected chi connectivity index (χ2v) is 9.08. The molecule has 0 spiro atoms. The summed E-state index contributed by atoms with van der Waals surface area (Å²) < 4.78 is 18.9. The van der Waals surface area contributed by atoms with Crippen LogP contribution in [0.1, 0.15) is 18.9 Å². The topological polar surface area (TPSA) is 71.0 Å². The second kappa shape index (κ2) is 11.7. The van der Waals surface area contributed by atoms with Crippen LogP contribution in [-0.4, -0.2) is 40.3 Å². The molecule has 1 aliphatic rings. The van der Waals surface area contributed by atoms with Gasteiger partial charge in [0.15, 0.2) is 5.17 Å². The Morgan fingerprint density at radius 1 is 1.11 bits per heavy atom. The van der Waals surface area contributed by atoms with Crippen molar-refractivity contribution in [1.82, 2.24) is 4.90 Å². The first kappa shape index (κ1) is 24.5. The Morgan fingerprint density at radius 2 is 1.89 bits per heavy atom. The lowest BCUT2D eigenvalue weighted by Gasteiger charge is -2.32. The van der Waals surface area contributed by atoms with Gasteiger partial charge in [0.05, 0.1) is 12.3 Å². The molecule has 0 aromatic heterocycles. The van der Waals surface area contributed by atoms with Crippen LogP contribution in [0.25, 0.3) is 0 Å². The Bertz CT molecular complexity index is 1200. The van der Waals surface area contributed by atoms with E-state index in [1.807, 2.05) is 43.3 Å². The molecule has 8 heteroatoms. The molecule has 1 atom stereocenters. The van der Waals surface area contributed by atoms with Crippen LogP contribution in [-0.2, 0) is 16.0 Å². The summed E-state index contributed by atoms with van der Waals surface area (Å²) in [5, 5.41) is 2.66. The number of carbonyl (C=O) groups is 2. The van der Waals surface area contributed by atoms with Crippen molar-refractivity contribution in [3.05, 3.63) is 90.2 Å². The van der Waals surface area contributed by atoms with Gasteiger partial charge in [0, 0.05) is 24.7 Å². The molecule has 6 nitrogen and oxygen atoms in total. The van der Waals surface area contributed by atoms with E-state index in [9.17, 15) is 14.0 Å². The summed E-state index contributed by atoms with van der Waals surface area (Å²) in [6.07, 6.45) is 0.704. The summed E-state index contributed by atoms with van der Waals surface area (Å²) in [6, 6.07) is 22.7. The number of halogens is 1. The smallest absolute Gasteiger partial charge is 0.238 e. The lowest BCUT2D eigenvalue weighted by Crippen LogP contribution is -2.46. The molecule has 0 aliphatic carbocycles. The van der Waals surface area contributed by atoms with Crippen molar-refractivity contribution in [2.45, 2.75) is 25.0 Å². The highest BCUT2D eigenvalue weighted by molar-refractivity contribution is 8.15. The third-order valence-corrected chi connectivity index (χ3v) is 6.55. The van der Waals surface area contributed by atoms with E-state index in [2.05, 4.69) is 10.3 Å². The summed E-state index contributed by atoms with van der Waals surface area (Å²) >= 11 is 1.24. The molecule has 2 amide bonds. The maximum atomic E-state index is 13.4. The molecule has 180 valence electrons. The predicted molar refractivity (Wildman–Crippen MR) is 138 cm³/mol. The van der Waals surface area contributed by atoms with Gasteiger partial charge in [0.25, 0.3) is 0 Å². The third-order valence-electron chi connectivity index (χ3n) is 5.36. The van der Waals surface area contributed by atoms with Crippen LogP contribution in [0, 0.1) is 5.82 Å². The number of amidine groups is 1. The Labute approximate surface area is 208 Å². The maximum absolute atomic E-state index is 13.4. The average Bonchev–Trinajstić information content (AvgIpc) is 2.86. The zero-order valence-corrected chi connectivity index (χ0v) is 20.1. The van der Waals surface area contributed by atoms with Crippen molar-refractivity contribution in [3.63, 3.8) is 0 Å². The number of aliphatic imine (C=N–C) groups is 1. The van der Waals surface area contributed by atoms with Crippen LogP contribution >= 0.6 is 11.8 Å². The fraction of sp³-hybridized carbons (Fsp3) is 0.222. The lowest BCUT2D eigenvalue weighted by molar-refractivity contribution is -0.129. The summed E-state index contributed by atoms with van der Waals surface area (Å²) in [4.78, 5) is 32.4. The van der Waals surface area contributed by atoms with Gasteiger partial charge in [-0.25, -0.2) is 9.38 Å². The number of anilines is 1. The van der Waals surface area contributed by atoms with E-state index >= 15 is 0 Å². The van der Waals surface area contributed by atoms with Gasteiger partial charge in [0.1, 0.15) is 16.8 Å². The van der Waals surface area contributed by atoms with Gasteiger partial charge in [-0.05, 0) is 55.3 Å². The van der Waals surface area contributed by atoms with Crippen LogP contribution < -0.4 is 10.1 Å². The van der Waals surface area contributed by atoms with Gasteiger partial charge >= 0.3 is 0 Å². The fourth-order valence-electron chi connectivity index (χ4n) is 3.63. The molecule has 35 heavy (non-hydrogen) atoms. The Morgan fingerprint density at radius 3 is 2.63 bits per heavy atom. The predicted octanol–water partition coefficient (Wildman–Crippen LogP) is 5.43. The SMILES string of the molecule is CCOc1cccc(NC(=O)C2CC(=O)N(CCc3ccccc3)C(=Nc3ccc(F)cc3)S2)c1. The molecule has 1 unspecified atom stereocenters. The van der Waals surface area contributed by atoms with Gasteiger partial charge < -0.3 is 10.1 Å². The monoisotopic (exact) mass is 491 g/mol. The third kappa shape index (κ3) is 6.70. The van der Waals surface area contributed by atoms with Crippen LogP contribution in [0.3, 0.4) is 0 Å². The van der Waals surface area contributed by atoms with E-state index < -0.39 is 5.25 Å². The number of ether oxygens (including phenoxy) is 1. The molecule has 0 saturated carbocycles. The number of benzene rings is 3. The normalized spacial score (nSPS) is 16.9. The quantitative estimate of drug-likeness (QED) is 0.456. The van der Waals surface area contributed by atoms with Gasteiger partial charge in [-0.15, -0.1) is 0 Å². The second-order valence-electron chi connectivity index (χ2n) is 7.91. The summed E-state index contributed by atoms with van der Waals surface area (Å²) in [5.74, 6) is -0.174. The van der Waals surface area contributed by atoms with Gasteiger partial charge in [-0.1, -0.05) is 48.2 Å². The number of hydrogen-bond donors (Lipinski definition) is 1. The summed E-state index contributed by atoms with van der Waals surface area (Å²) in [6.45, 7) is 2.84. The van der Waals surface area contributed by atoms with Crippen molar-refractivity contribution in [2.75, 3.05) is 18.5 Å². The molecule has 1 aliphatic heterocycles. The highest BCUT2D eigenvalue weighted by atomic mass is 32.2. The van der Waals surface area contributed by atoms with Crippen LogP contribution in [0.2, 0.25) is 0 Å². The van der Waals surface area contributed by atoms with E-state index in [-0.39, 0.29) is 24.1 Å². The van der Waals surface area contributed by atoms with Crippen molar-refractivity contribution in [2.24, 2.45) is 4.99 Å². The van der Waals surface area contributed by atoms with Crippen LogP contribution in [0.4, 0.5) is 15.8 Å². The zero-order chi connectivity index (χ0) is 24.6. The number of nitrogens with zero attached hydrogens (tertiary/aromatic N) is 2. The van der Waals surface area contributed by atoms with E-state index in [4.69, 9.17) is 4.74 Å². The van der Waals surface area contributed by atoms with E-state index in [1.165, 1.54) is 23.9 Å². The molecule has 1 saturated heterocycles. The minimum atomic E-state index is -0.648. The molecule has 1 N–H and O–H groups in total. The van der Waals surface area contributed by atoms with Crippen molar-refractivity contribution >= 4 is 40.1 Å². The number of amides is 2. The van der Waals surface area contributed by atoms with Crippen LogP contribution in [0.15, 0.2) is 83.9 Å². The summed E-state index contributed by atoms with van der Waals surface area (Å²) in [7, 11) is 0. The number of hydrogen-bond acceptors (Lipinski definition) is 5. The zero-order valence-electron chi connectivity index (χ0n) is 19.3. The van der Waals surface area contributed by atoms with Gasteiger partial charge in [-0.3, -0.25) is 14.5 Å². The molecule has 1 fully saturated rings. The molecule has 3 aromatic rings. The maximum Gasteiger partial charge on any atom is 0.238 e. The standard InChI is InChI=1S/C27H26FN3O3S/c1-2-34-23-10-6-9-22(17-23)29-26(33)24-18-25(32)31(16-15-19-7-4-3-5-8-19)27(35-24)30-21-13-11-20(28)12-14-21/h3-14,17,24H,2,15-16,18H2,1H3,(H,29,33). The Balaban J connectivity index is 1.53.